The second kappa shape index (κ2) is 7.82. The molecule has 2 atom stereocenters. The van der Waals surface area contributed by atoms with Crippen LogP contribution >= 0.6 is 0 Å². The van der Waals surface area contributed by atoms with E-state index in [9.17, 15) is 14.9 Å². The summed E-state index contributed by atoms with van der Waals surface area (Å²) in [5, 5.41) is 11.9. The summed E-state index contributed by atoms with van der Waals surface area (Å²) < 4.78 is 5.19. The maximum Gasteiger partial charge on any atom is 0.338 e. The lowest BCUT2D eigenvalue weighted by Gasteiger charge is -2.28. The molecule has 0 aliphatic heterocycles. The van der Waals surface area contributed by atoms with Crippen LogP contribution < -0.4 is 10.2 Å². The highest BCUT2D eigenvalue weighted by Gasteiger charge is 2.32. The van der Waals surface area contributed by atoms with E-state index in [0.717, 1.165) is 5.69 Å². The number of rotatable bonds is 6. The molecule has 0 unspecified atom stereocenters. The first-order chi connectivity index (χ1) is 11.1. The summed E-state index contributed by atoms with van der Waals surface area (Å²) in [7, 11) is 3.81. The van der Waals surface area contributed by atoms with E-state index in [1.165, 1.54) is 6.92 Å². The molecule has 0 spiro atoms. The van der Waals surface area contributed by atoms with Gasteiger partial charge in [0.05, 0.1) is 11.6 Å². The highest BCUT2D eigenvalue weighted by molar-refractivity contribution is 5.92. The number of amides is 1. The molecule has 0 aliphatic carbocycles. The van der Waals surface area contributed by atoms with Gasteiger partial charge in [0.25, 0.3) is 5.91 Å². The van der Waals surface area contributed by atoms with Crippen LogP contribution in [0.3, 0.4) is 0 Å². The SMILES string of the molecule is CC(C)[C@@](C)(C#N)NC(=O)[C@H](C)OC(=O)c1ccc(N(C)C)cc1. The van der Waals surface area contributed by atoms with Gasteiger partial charge in [-0.2, -0.15) is 5.26 Å². The van der Waals surface area contributed by atoms with Gasteiger partial charge in [-0.3, -0.25) is 4.79 Å². The van der Waals surface area contributed by atoms with Crippen LogP contribution in [0.1, 0.15) is 38.1 Å². The molecule has 6 heteroatoms. The van der Waals surface area contributed by atoms with E-state index in [1.54, 1.807) is 31.2 Å². The topological polar surface area (TPSA) is 82.4 Å². The van der Waals surface area contributed by atoms with Gasteiger partial charge in [0.2, 0.25) is 0 Å². The van der Waals surface area contributed by atoms with E-state index < -0.39 is 23.5 Å². The smallest absolute Gasteiger partial charge is 0.338 e. The molecule has 1 amide bonds. The molecule has 130 valence electrons. The van der Waals surface area contributed by atoms with Gasteiger partial charge in [-0.15, -0.1) is 0 Å². The molecule has 24 heavy (non-hydrogen) atoms. The molecule has 0 aliphatic rings. The Morgan fingerprint density at radius 1 is 1.21 bits per heavy atom. The maximum absolute atomic E-state index is 12.2. The van der Waals surface area contributed by atoms with Gasteiger partial charge < -0.3 is 15.0 Å². The van der Waals surface area contributed by atoms with E-state index >= 15 is 0 Å². The summed E-state index contributed by atoms with van der Waals surface area (Å²) in [6.07, 6.45) is -0.988. The third kappa shape index (κ3) is 4.72. The fraction of sp³-hybridized carbons (Fsp3) is 0.500. The Kier molecular flexibility index (Phi) is 6.35. The summed E-state index contributed by atoms with van der Waals surface area (Å²) in [6.45, 7) is 6.81. The number of ether oxygens (including phenoxy) is 1. The van der Waals surface area contributed by atoms with Crippen LogP contribution in [-0.2, 0) is 9.53 Å². The standard InChI is InChI=1S/C18H25N3O3/c1-12(2)18(4,11-19)20-16(22)13(3)24-17(23)14-7-9-15(10-8-14)21(5)6/h7-10,12-13H,1-6H3,(H,20,22)/t13-,18+/m0/s1. The van der Waals surface area contributed by atoms with Gasteiger partial charge in [-0.05, 0) is 44.0 Å². The Morgan fingerprint density at radius 3 is 2.17 bits per heavy atom. The number of hydrogen-bond donors (Lipinski definition) is 1. The molecular weight excluding hydrogens is 306 g/mol. The second-order valence-corrected chi connectivity index (χ2v) is 6.45. The van der Waals surface area contributed by atoms with E-state index in [1.807, 2.05) is 32.8 Å². The second-order valence-electron chi connectivity index (χ2n) is 6.45. The third-order valence-electron chi connectivity index (χ3n) is 4.04. The van der Waals surface area contributed by atoms with Crippen LogP contribution in [0.15, 0.2) is 24.3 Å². The molecule has 1 N–H and O–H groups in total. The van der Waals surface area contributed by atoms with Crippen molar-refractivity contribution in [2.24, 2.45) is 5.92 Å². The van der Waals surface area contributed by atoms with E-state index in [-0.39, 0.29) is 5.92 Å². The van der Waals surface area contributed by atoms with Gasteiger partial charge in [0, 0.05) is 19.8 Å². The Balaban J connectivity index is 2.73. The normalized spacial score (nSPS) is 14.2. The molecule has 0 bridgehead atoms. The molecule has 0 aromatic heterocycles. The summed E-state index contributed by atoms with van der Waals surface area (Å²) in [6, 6.07) is 8.98. The summed E-state index contributed by atoms with van der Waals surface area (Å²) in [5.41, 5.74) is 0.316. The largest absolute Gasteiger partial charge is 0.449 e. The average molecular weight is 331 g/mol. The number of carbonyl (C=O) groups is 2. The highest BCUT2D eigenvalue weighted by atomic mass is 16.5. The first kappa shape index (κ1) is 19.5. The van der Waals surface area contributed by atoms with Crippen molar-refractivity contribution in [3.05, 3.63) is 29.8 Å². The van der Waals surface area contributed by atoms with Crippen molar-refractivity contribution in [3.63, 3.8) is 0 Å². The molecule has 0 fully saturated rings. The predicted octanol–water partition coefficient (Wildman–Crippen LogP) is 2.35. The van der Waals surface area contributed by atoms with Crippen LogP contribution in [0, 0.1) is 17.2 Å². The Morgan fingerprint density at radius 2 is 1.75 bits per heavy atom. The molecular formula is C18H25N3O3. The first-order valence-corrected chi connectivity index (χ1v) is 7.82. The highest BCUT2D eigenvalue weighted by Crippen LogP contribution is 2.16. The van der Waals surface area contributed by atoms with Crippen LogP contribution in [0.5, 0.6) is 0 Å². The summed E-state index contributed by atoms with van der Waals surface area (Å²) in [4.78, 5) is 26.2. The maximum atomic E-state index is 12.2. The molecule has 1 rings (SSSR count). The molecule has 0 saturated carbocycles. The van der Waals surface area contributed by atoms with E-state index in [0.29, 0.717) is 5.56 Å². The van der Waals surface area contributed by atoms with Crippen LogP contribution in [0.25, 0.3) is 0 Å². The number of hydrogen-bond acceptors (Lipinski definition) is 5. The van der Waals surface area contributed by atoms with Gasteiger partial charge in [-0.1, -0.05) is 13.8 Å². The molecule has 0 radical (unpaired) electrons. The minimum absolute atomic E-state index is 0.0760. The van der Waals surface area contributed by atoms with Crippen molar-refractivity contribution in [3.8, 4) is 6.07 Å². The van der Waals surface area contributed by atoms with E-state index in [4.69, 9.17) is 4.74 Å². The average Bonchev–Trinajstić information content (AvgIpc) is 2.54. The molecule has 0 heterocycles. The van der Waals surface area contributed by atoms with Crippen molar-refractivity contribution in [1.82, 2.24) is 5.32 Å². The zero-order chi connectivity index (χ0) is 18.5. The molecule has 1 aromatic carbocycles. The number of esters is 1. The number of benzene rings is 1. The first-order valence-electron chi connectivity index (χ1n) is 7.82. The molecule has 0 saturated heterocycles. The third-order valence-corrected chi connectivity index (χ3v) is 4.04. The van der Waals surface area contributed by atoms with Crippen LogP contribution in [0.4, 0.5) is 5.69 Å². The van der Waals surface area contributed by atoms with Gasteiger partial charge in [0.1, 0.15) is 5.54 Å². The zero-order valence-corrected chi connectivity index (χ0v) is 15.1. The zero-order valence-electron chi connectivity index (χ0n) is 15.1. The Hall–Kier alpha value is -2.55. The van der Waals surface area contributed by atoms with Gasteiger partial charge >= 0.3 is 5.97 Å². The molecule has 6 nitrogen and oxygen atoms in total. The number of nitrogens with zero attached hydrogens (tertiary/aromatic N) is 2. The number of nitriles is 1. The minimum atomic E-state index is -1.01. The minimum Gasteiger partial charge on any atom is -0.449 e. The lowest BCUT2D eigenvalue weighted by Crippen LogP contribution is -2.52. The number of nitrogens with one attached hydrogen (secondary N) is 1. The van der Waals surface area contributed by atoms with Crippen molar-refractivity contribution < 1.29 is 14.3 Å². The lowest BCUT2D eigenvalue weighted by atomic mass is 9.90. The van der Waals surface area contributed by atoms with Crippen molar-refractivity contribution in [2.45, 2.75) is 39.3 Å². The lowest BCUT2D eigenvalue weighted by molar-refractivity contribution is -0.130. The Bertz CT molecular complexity index is 632. The monoisotopic (exact) mass is 331 g/mol. The fourth-order valence-electron chi connectivity index (χ4n) is 1.84. The van der Waals surface area contributed by atoms with Crippen molar-refractivity contribution >= 4 is 17.6 Å². The van der Waals surface area contributed by atoms with Crippen molar-refractivity contribution in [2.75, 3.05) is 19.0 Å². The van der Waals surface area contributed by atoms with Gasteiger partial charge in [-0.25, -0.2) is 4.79 Å². The van der Waals surface area contributed by atoms with E-state index in [2.05, 4.69) is 11.4 Å². The molecule has 1 aromatic rings. The number of carbonyl (C=O) groups excluding carboxylic acids is 2. The Labute approximate surface area is 143 Å². The quantitative estimate of drug-likeness (QED) is 0.809. The van der Waals surface area contributed by atoms with Gasteiger partial charge in [0.15, 0.2) is 6.10 Å². The van der Waals surface area contributed by atoms with Crippen molar-refractivity contribution in [1.29, 1.82) is 5.26 Å². The van der Waals surface area contributed by atoms with Crippen LogP contribution in [0.2, 0.25) is 0 Å². The fourth-order valence-corrected chi connectivity index (χ4v) is 1.84. The predicted molar refractivity (Wildman–Crippen MR) is 92.6 cm³/mol. The summed E-state index contributed by atoms with van der Waals surface area (Å²) >= 11 is 0. The number of anilines is 1. The van der Waals surface area contributed by atoms with Crippen LogP contribution in [-0.4, -0.2) is 37.6 Å². The summed E-state index contributed by atoms with van der Waals surface area (Å²) in [5.74, 6) is -1.15.